The predicted molar refractivity (Wildman–Crippen MR) is 113 cm³/mol. The molecule has 0 saturated heterocycles. The standard InChI is InChI=1S/C21H22N2O8S/c1-12(23-32(27,28)17-7-4-15(5-8-17)13(2)24)21(26)31-14(3)20(25)22-16-6-9-18-19(10-16)30-11-29-18/h4-10,12,14,23H,11H2,1-3H3,(H,22,25)/t12-,14-/m0/s1. The maximum absolute atomic E-state index is 12.5. The number of ketones is 1. The fourth-order valence-electron chi connectivity index (χ4n) is 2.77. The Kier molecular flexibility index (Phi) is 6.80. The van der Waals surface area contributed by atoms with Gasteiger partial charge in [0, 0.05) is 17.3 Å². The summed E-state index contributed by atoms with van der Waals surface area (Å²) >= 11 is 0. The molecule has 10 nitrogen and oxygen atoms in total. The van der Waals surface area contributed by atoms with Gasteiger partial charge in [-0.25, -0.2) is 8.42 Å². The van der Waals surface area contributed by atoms with Crippen molar-refractivity contribution in [1.29, 1.82) is 0 Å². The quantitative estimate of drug-likeness (QED) is 0.448. The van der Waals surface area contributed by atoms with Crippen LogP contribution in [0.25, 0.3) is 0 Å². The highest BCUT2D eigenvalue weighted by atomic mass is 32.2. The minimum Gasteiger partial charge on any atom is -0.454 e. The summed E-state index contributed by atoms with van der Waals surface area (Å²) in [6.07, 6.45) is -1.19. The van der Waals surface area contributed by atoms with Gasteiger partial charge in [-0.3, -0.25) is 14.4 Å². The van der Waals surface area contributed by atoms with Gasteiger partial charge >= 0.3 is 5.97 Å². The van der Waals surface area contributed by atoms with E-state index in [2.05, 4.69) is 10.0 Å². The van der Waals surface area contributed by atoms with Gasteiger partial charge < -0.3 is 19.5 Å². The Morgan fingerprint density at radius 2 is 1.66 bits per heavy atom. The molecule has 0 radical (unpaired) electrons. The second-order valence-corrected chi connectivity index (χ2v) is 8.77. The van der Waals surface area contributed by atoms with Crippen LogP contribution in [0.1, 0.15) is 31.1 Å². The van der Waals surface area contributed by atoms with Crippen molar-refractivity contribution in [3.05, 3.63) is 48.0 Å². The Labute approximate surface area is 184 Å². The molecule has 1 heterocycles. The third kappa shape index (κ3) is 5.42. The Morgan fingerprint density at radius 1 is 1.00 bits per heavy atom. The van der Waals surface area contributed by atoms with Crippen LogP contribution in [0, 0.1) is 0 Å². The van der Waals surface area contributed by atoms with Crippen LogP contribution in [0.3, 0.4) is 0 Å². The number of benzene rings is 2. The second kappa shape index (κ2) is 9.37. The van der Waals surface area contributed by atoms with Crippen molar-refractivity contribution in [2.75, 3.05) is 12.1 Å². The van der Waals surface area contributed by atoms with Crippen molar-refractivity contribution in [2.45, 2.75) is 37.8 Å². The van der Waals surface area contributed by atoms with Gasteiger partial charge in [0.2, 0.25) is 16.8 Å². The first kappa shape index (κ1) is 23.2. The molecule has 0 aromatic heterocycles. The molecule has 2 atom stereocenters. The summed E-state index contributed by atoms with van der Waals surface area (Å²) in [6.45, 7) is 4.12. The number of carbonyl (C=O) groups excluding carboxylic acids is 3. The van der Waals surface area contributed by atoms with Gasteiger partial charge in [-0.15, -0.1) is 0 Å². The fraction of sp³-hybridized carbons (Fsp3) is 0.286. The van der Waals surface area contributed by atoms with E-state index in [4.69, 9.17) is 14.2 Å². The largest absolute Gasteiger partial charge is 0.454 e. The molecule has 0 bridgehead atoms. The number of hydrogen-bond acceptors (Lipinski definition) is 8. The molecule has 1 aliphatic rings. The molecule has 0 saturated carbocycles. The molecule has 2 aromatic carbocycles. The second-order valence-electron chi connectivity index (χ2n) is 7.06. The number of ether oxygens (including phenoxy) is 3. The molecule has 0 unspecified atom stereocenters. The van der Waals surface area contributed by atoms with E-state index in [-0.39, 0.29) is 17.5 Å². The summed E-state index contributed by atoms with van der Waals surface area (Å²) in [6, 6.07) is 8.83. The van der Waals surface area contributed by atoms with E-state index in [1.165, 1.54) is 45.0 Å². The lowest BCUT2D eigenvalue weighted by molar-refractivity contribution is -0.154. The van der Waals surface area contributed by atoms with Gasteiger partial charge in [0.05, 0.1) is 4.90 Å². The number of sulfonamides is 1. The normalized spacial score (nSPS) is 14.3. The maximum Gasteiger partial charge on any atom is 0.324 e. The van der Waals surface area contributed by atoms with Crippen LogP contribution < -0.4 is 19.5 Å². The van der Waals surface area contributed by atoms with Crippen molar-refractivity contribution >= 4 is 33.4 Å². The Hall–Kier alpha value is -3.44. The Bertz CT molecular complexity index is 1140. The number of hydrogen-bond donors (Lipinski definition) is 2. The van der Waals surface area contributed by atoms with Crippen LogP contribution in [0.5, 0.6) is 11.5 Å². The average molecular weight is 462 g/mol. The molecule has 3 rings (SSSR count). The summed E-state index contributed by atoms with van der Waals surface area (Å²) < 4.78 is 42.7. The van der Waals surface area contributed by atoms with Crippen molar-refractivity contribution < 1.29 is 37.0 Å². The number of amides is 1. The molecular weight excluding hydrogens is 440 g/mol. The lowest BCUT2D eigenvalue weighted by Crippen LogP contribution is -2.42. The van der Waals surface area contributed by atoms with Gasteiger partial charge in [-0.05, 0) is 45.0 Å². The van der Waals surface area contributed by atoms with E-state index in [0.717, 1.165) is 0 Å². The first-order chi connectivity index (χ1) is 15.1. The van der Waals surface area contributed by atoms with Gasteiger partial charge in [0.15, 0.2) is 23.4 Å². The number of fused-ring (bicyclic) bond motifs is 1. The number of carbonyl (C=O) groups is 3. The predicted octanol–water partition coefficient (Wildman–Crippen LogP) is 1.86. The van der Waals surface area contributed by atoms with E-state index in [1.807, 2.05) is 0 Å². The van der Waals surface area contributed by atoms with Crippen LogP contribution >= 0.6 is 0 Å². The monoisotopic (exact) mass is 462 g/mol. The minimum atomic E-state index is -4.05. The molecule has 0 fully saturated rings. The highest BCUT2D eigenvalue weighted by Gasteiger charge is 2.27. The molecule has 2 N–H and O–H groups in total. The summed E-state index contributed by atoms with van der Waals surface area (Å²) in [7, 11) is -4.05. The summed E-state index contributed by atoms with van der Waals surface area (Å²) in [5.41, 5.74) is 0.781. The zero-order valence-electron chi connectivity index (χ0n) is 17.6. The third-order valence-corrected chi connectivity index (χ3v) is 6.12. The molecule has 0 spiro atoms. The lowest BCUT2D eigenvalue weighted by atomic mass is 10.2. The summed E-state index contributed by atoms with van der Waals surface area (Å²) in [4.78, 5) is 35.9. The SMILES string of the molecule is CC(=O)c1ccc(S(=O)(=O)N[C@@H](C)C(=O)O[C@@H](C)C(=O)Nc2ccc3c(c2)OCO3)cc1. The smallest absolute Gasteiger partial charge is 0.324 e. The van der Waals surface area contributed by atoms with Gasteiger partial charge in [-0.1, -0.05) is 12.1 Å². The topological polar surface area (TPSA) is 137 Å². The first-order valence-corrected chi connectivity index (χ1v) is 11.1. The van der Waals surface area contributed by atoms with Gasteiger partial charge in [0.1, 0.15) is 6.04 Å². The van der Waals surface area contributed by atoms with Gasteiger partial charge in [0.25, 0.3) is 5.91 Å². The third-order valence-electron chi connectivity index (χ3n) is 4.56. The molecule has 1 amide bonds. The number of Topliss-reactive ketones (excluding diaryl/α,β-unsaturated/α-hetero) is 1. The highest BCUT2D eigenvalue weighted by molar-refractivity contribution is 7.89. The molecule has 11 heteroatoms. The van der Waals surface area contributed by atoms with E-state index < -0.39 is 34.0 Å². The minimum absolute atomic E-state index is 0.0927. The van der Waals surface area contributed by atoms with Crippen LogP contribution in [-0.2, 0) is 24.3 Å². The van der Waals surface area contributed by atoms with Crippen molar-refractivity contribution in [3.8, 4) is 11.5 Å². The summed E-state index contributed by atoms with van der Waals surface area (Å²) in [5, 5.41) is 2.59. The maximum atomic E-state index is 12.5. The molecule has 1 aliphatic heterocycles. The fourth-order valence-corrected chi connectivity index (χ4v) is 3.96. The van der Waals surface area contributed by atoms with Crippen LogP contribution in [0.15, 0.2) is 47.4 Å². The van der Waals surface area contributed by atoms with Crippen LogP contribution in [0.4, 0.5) is 5.69 Å². The van der Waals surface area contributed by atoms with Crippen LogP contribution in [-0.4, -0.2) is 45.0 Å². The average Bonchev–Trinajstić information content (AvgIpc) is 3.21. The molecule has 2 aromatic rings. The molecule has 0 aliphatic carbocycles. The number of rotatable bonds is 8. The van der Waals surface area contributed by atoms with Crippen molar-refractivity contribution in [3.63, 3.8) is 0 Å². The lowest BCUT2D eigenvalue weighted by Gasteiger charge is -2.18. The van der Waals surface area contributed by atoms with E-state index >= 15 is 0 Å². The van der Waals surface area contributed by atoms with E-state index in [9.17, 15) is 22.8 Å². The zero-order valence-corrected chi connectivity index (χ0v) is 18.4. The molecule has 32 heavy (non-hydrogen) atoms. The highest BCUT2D eigenvalue weighted by Crippen LogP contribution is 2.34. The number of anilines is 1. The van der Waals surface area contributed by atoms with Crippen molar-refractivity contribution in [1.82, 2.24) is 4.72 Å². The molecular formula is C21H22N2O8S. The number of nitrogens with one attached hydrogen (secondary N) is 2. The zero-order chi connectivity index (χ0) is 23.5. The van der Waals surface area contributed by atoms with Crippen LogP contribution in [0.2, 0.25) is 0 Å². The number of esters is 1. The Balaban J connectivity index is 1.56. The van der Waals surface area contributed by atoms with Crippen molar-refractivity contribution in [2.24, 2.45) is 0 Å². The molecule has 170 valence electrons. The van der Waals surface area contributed by atoms with E-state index in [1.54, 1.807) is 18.2 Å². The van der Waals surface area contributed by atoms with Gasteiger partial charge in [-0.2, -0.15) is 4.72 Å². The summed E-state index contributed by atoms with van der Waals surface area (Å²) in [5.74, 6) is -0.701. The first-order valence-electron chi connectivity index (χ1n) is 9.61. The van der Waals surface area contributed by atoms with E-state index in [0.29, 0.717) is 22.7 Å². The Morgan fingerprint density at radius 3 is 2.31 bits per heavy atom.